The highest BCUT2D eigenvalue weighted by Crippen LogP contribution is 2.39. The summed E-state index contributed by atoms with van der Waals surface area (Å²) in [6.07, 6.45) is 1.38. The Morgan fingerprint density at radius 1 is 1.04 bits per heavy atom. The third kappa shape index (κ3) is 2.61. The van der Waals surface area contributed by atoms with Gasteiger partial charge < -0.3 is 4.74 Å². The van der Waals surface area contributed by atoms with Gasteiger partial charge in [-0.1, -0.05) is 30.3 Å². The average Bonchev–Trinajstić information content (AvgIpc) is 3.01. The Bertz CT molecular complexity index is 1020. The topological polar surface area (TPSA) is 47.9 Å². The second-order valence-electron chi connectivity index (χ2n) is 5.17. The van der Waals surface area contributed by atoms with Crippen LogP contribution in [-0.4, -0.2) is 15.0 Å². The molecule has 4 nitrogen and oxygen atoms in total. The summed E-state index contributed by atoms with van der Waals surface area (Å²) < 4.78 is 19.6. The van der Waals surface area contributed by atoms with E-state index in [1.165, 1.54) is 23.6 Å². The highest BCUT2D eigenvalue weighted by atomic mass is 32.1. The van der Waals surface area contributed by atoms with Crippen LogP contribution in [0.15, 0.2) is 54.0 Å². The Morgan fingerprint density at radius 2 is 1.88 bits per heavy atom. The molecule has 0 amide bonds. The number of aryl methyl sites for hydroxylation is 1. The molecule has 0 spiro atoms. The average molecular weight is 337 g/mol. The van der Waals surface area contributed by atoms with E-state index < -0.39 is 5.95 Å². The molecule has 0 radical (unpaired) electrons. The lowest BCUT2D eigenvalue weighted by atomic mass is 10.1. The number of halogens is 1. The molecule has 0 atom stereocenters. The standard InChI is InChI=1S/C18H12FN3OS/c1-11-21-17(23-14-8-5-9-20-16(14)19)15-13(10-24-18(15)22-11)12-6-3-2-4-7-12/h2-10H,1H3. The summed E-state index contributed by atoms with van der Waals surface area (Å²) in [7, 11) is 0. The van der Waals surface area contributed by atoms with Gasteiger partial charge in [0.2, 0.25) is 5.88 Å². The maximum Gasteiger partial charge on any atom is 0.255 e. The first-order valence-corrected chi connectivity index (χ1v) is 8.20. The van der Waals surface area contributed by atoms with Crippen molar-refractivity contribution >= 4 is 21.6 Å². The van der Waals surface area contributed by atoms with E-state index in [4.69, 9.17) is 4.74 Å². The van der Waals surface area contributed by atoms with Crippen LogP contribution in [0.4, 0.5) is 4.39 Å². The van der Waals surface area contributed by atoms with Crippen molar-refractivity contribution in [2.45, 2.75) is 6.92 Å². The zero-order valence-corrected chi connectivity index (χ0v) is 13.5. The Balaban J connectivity index is 1.91. The smallest absolute Gasteiger partial charge is 0.255 e. The van der Waals surface area contributed by atoms with E-state index in [1.807, 2.05) is 35.7 Å². The lowest BCUT2D eigenvalue weighted by Crippen LogP contribution is -1.96. The minimum atomic E-state index is -0.668. The molecule has 4 aromatic rings. The number of hydrogen-bond donors (Lipinski definition) is 0. The fourth-order valence-electron chi connectivity index (χ4n) is 2.47. The molecule has 24 heavy (non-hydrogen) atoms. The largest absolute Gasteiger partial charge is 0.433 e. The van der Waals surface area contributed by atoms with Crippen molar-refractivity contribution in [3.63, 3.8) is 0 Å². The van der Waals surface area contributed by atoms with Crippen molar-refractivity contribution in [2.75, 3.05) is 0 Å². The van der Waals surface area contributed by atoms with Crippen LogP contribution < -0.4 is 4.74 Å². The maximum atomic E-state index is 13.8. The van der Waals surface area contributed by atoms with Crippen LogP contribution in [0.5, 0.6) is 11.6 Å². The molecule has 0 saturated carbocycles. The third-order valence-electron chi connectivity index (χ3n) is 3.53. The van der Waals surface area contributed by atoms with Crippen LogP contribution in [0, 0.1) is 12.9 Å². The number of pyridine rings is 1. The summed E-state index contributed by atoms with van der Waals surface area (Å²) in [6.45, 7) is 1.79. The lowest BCUT2D eigenvalue weighted by molar-refractivity contribution is 0.419. The van der Waals surface area contributed by atoms with E-state index in [-0.39, 0.29) is 5.75 Å². The summed E-state index contributed by atoms with van der Waals surface area (Å²) in [4.78, 5) is 13.3. The molecule has 3 aromatic heterocycles. The molecule has 0 saturated heterocycles. The number of benzene rings is 1. The molecule has 4 rings (SSSR count). The summed E-state index contributed by atoms with van der Waals surface area (Å²) in [6, 6.07) is 13.1. The van der Waals surface area contributed by atoms with Crippen molar-refractivity contribution in [3.05, 3.63) is 65.8 Å². The van der Waals surface area contributed by atoms with E-state index in [0.717, 1.165) is 21.3 Å². The molecular formula is C18H12FN3OS. The van der Waals surface area contributed by atoms with Gasteiger partial charge in [-0.3, -0.25) is 0 Å². The van der Waals surface area contributed by atoms with Gasteiger partial charge in [0.25, 0.3) is 5.95 Å². The Morgan fingerprint density at radius 3 is 2.67 bits per heavy atom. The molecule has 0 aliphatic carbocycles. The van der Waals surface area contributed by atoms with Crippen molar-refractivity contribution in [1.29, 1.82) is 0 Å². The highest BCUT2D eigenvalue weighted by molar-refractivity contribution is 7.17. The number of ether oxygens (including phenoxy) is 1. The first-order chi connectivity index (χ1) is 11.7. The van der Waals surface area contributed by atoms with Crippen molar-refractivity contribution < 1.29 is 9.13 Å². The van der Waals surface area contributed by atoms with E-state index in [1.54, 1.807) is 13.0 Å². The molecule has 6 heteroatoms. The molecule has 0 fully saturated rings. The van der Waals surface area contributed by atoms with Crippen LogP contribution in [-0.2, 0) is 0 Å². The van der Waals surface area contributed by atoms with Crippen molar-refractivity contribution in [1.82, 2.24) is 15.0 Å². The molecule has 0 bridgehead atoms. The van der Waals surface area contributed by atoms with Gasteiger partial charge in [-0.2, -0.15) is 9.37 Å². The molecule has 1 aromatic carbocycles. The van der Waals surface area contributed by atoms with Gasteiger partial charge in [0.1, 0.15) is 10.7 Å². The zero-order chi connectivity index (χ0) is 16.5. The van der Waals surface area contributed by atoms with Crippen LogP contribution in [0.1, 0.15) is 5.82 Å². The molecule has 0 N–H and O–H groups in total. The quantitative estimate of drug-likeness (QED) is 0.494. The van der Waals surface area contributed by atoms with Crippen LogP contribution in [0.3, 0.4) is 0 Å². The van der Waals surface area contributed by atoms with Gasteiger partial charge in [-0.05, 0) is 24.6 Å². The number of nitrogens with zero attached hydrogens (tertiary/aromatic N) is 3. The van der Waals surface area contributed by atoms with Gasteiger partial charge in [-0.25, -0.2) is 9.97 Å². The molecule has 0 aliphatic heterocycles. The van der Waals surface area contributed by atoms with Crippen molar-refractivity contribution in [2.24, 2.45) is 0 Å². The van der Waals surface area contributed by atoms with Gasteiger partial charge in [0, 0.05) is 17.1 Å². The number of hydrogen-bond acceptors (Lipinski definition) is 5. The van der Waals surface area contributed by atoms with E-state index >= 15 is 0 Å². The van der Waals surface area contributed by atoms with E-state index in [0.29, 0.717) is 11.7 Å². The minimum absolute atomic E-state index is 0.0436. The number of thiophene rings is 1. The summed E-state index contributed by atoms with van der Waals surface area (Å²) in [5.74, 6) is 0.285. The van der Waals surface area contributed by atoms with Gasteiger partial charge in [-0.15, -0.1) is 11.3 Å². The summed E-state index contributed by atoms with van der Waals surface area (Å²) in [5, 5.41) is 2.79. The SMILES string of the molecule is Cc1nc(Oc2cccnc2F)c2c(-c3ccccc3)csc2n1. The van der Waals surface area contributed by atoms with Gasteiger partial charge >= 0.3 is 0 Å². The van der Waals surface area contributed by atoms with Crippen LogP contribution in [0.25, 0.3) is 21.3 Å². The molecule has 118 valence electrons. The second kappa shape index (κ2) is 5.98. The predicted molar refractivity (Wildman–Crippen MR) is 91.9 cm³/mol. The monoisotopic (exact) mass is 337 g/mol. The predicted octanol–water partition coefficient (Wildman–Crippen LogP) is 4.99. The number of fused-ring (bicyclic) bond motifs is 1. The molecular weight excluding hydrogens is 325 g/mol. The Hall–Kier alpha value is -2.86. The van der Waals surface area contributed by atoms with E-state index in [2.05, 4.69) is 15.0 Å². The first kappa shape index (κ1) is 14.7. The molecule has 3 heterocycles. The molecule has 0 unspecified atom stereocenters. The zero-order valence-electron chi connectivity index (χ0n) is 12.7. The summed E-state index contributed by atoms with van der Waals surface area (Å²) >= 11 is 1.51. The second-order valence-corrected chi connectivity index (χ2v) is 6.02. The highest BCUT2D eigenvalue weighted by Gasteiger charge is 2.17. The number of aromatic nitrogens is 3. The van der Waals surface area contributed by atoms with E-state index in [9.17, 15) is 4.39 Å². The van der Waals surface area contributed by atoms with Crippen molar-refractivity contribution in [3.8, 4) is 22.8 Å². The lowest BCUT2D eigenvalue weighted by Gasteiger charge is -2.08. The Labute approximate surface area is 141 Å². The normalized spacial score (nSPS) is 10.9. The Kier molecular flexibility index (Phi) is 3.66. The minimum Gasteiger partial charge on any atom is -0.433 e. The molecule has 0 aliphatic rings. The van der Waals surface area contributed by atoms with Gasteiger partial charge in [0.05, 0.1) is 5.39 Å². The third-order valence-corrected chi connectivity index (χ3v) is 4.40. The maximum absolute atomic E-state index is 13.8. The summed E-state index contributed by atoms with van der Waals surface area (Å²) in [5.41, 5.74) is 2.00. The van der Waals surface area contributed by atoms with Crippen LogP contribution >= 0.6 is 11.3 Å². The fraction of sp³-hybridized carbons (Fsp3) is 0.0556. The number of rotatable bonds is 3. The fourth-order valence-corrected chi connectivity index (χ4v) is 3.45. The van der Waals surface area contributed by atoms with Gasteiger partial charge in [0.15, 0.2) is 5.75 Å². The van der Waals surface area contributed by atoms with Crippen LogP contribution in [0.2, 0.25) is 0 Å². The first-order valence-electron chi connectivity index (χ1n) is 7.32.